The van der Waals surface area contributed by atoms with Crippen LogP contribution < -0.4 is 14.8 Å². The van der Waals surface area contributed by atoms with Crippen LogP contribution in [0.3, 0.4) is 0 Å². The van der Waals surface area contributed by atoms with E-state index in [0.717, 1.165) is 18.4 Å². The van der Waals surface area contributed by atoms with Crippen molar-refractivity contribution < 1.29 is 13.2 Å². The Hall–Kier alpha value is -2.10. The summed E-state index contributed by atoms with van der Waals surface area (Å²) in [6.45, 7) is 0. The molecule has 1 aromatic carbocycles. The Morgan fingerprint density at radius 3 is 2.40 bits per heavy atom. The summed E-state index contributed by atoms with van der Waals surface area (Å²) in [6, 6.07) is 7.29. The van der Waals surface area contributed by atoms with Crippen molar-refractivity contribution in [1.29, 1.82) is 0 Å². The summed E-state index contributed by atoms with van der Waals surface area (Å²) in [5.41, 5.74) is 1.34. The molecule has 0 atom stereocenters. The van der Waals surface area contributed by atoms with E-state index in [2.05, 4.69) is 20.0 Å². The summed E-state index contributed by atoms with van der Waals surface area (Å²) >= 11 is 11.4. The van der Waals surface area contributed by atoms with Crippen molar-refractivity contribution in [3.63, 3.8) is 0 Å². The lowest BCUT2D eigenvalue weighted by Crippen LogP contribution is -2.38. The van der Waals surface area contributed by atoms with Gasteiger partial charge in [-0.05, 0) is 30.4 Å². The number of hydrogen-bond donors (Lipinski definition) is 3. The predicted octanol–water partition coefficient (Wildman–Crippen LogP) is 3.14. The van der Waals surface area contributed by atoms with Gasteiger partial charge >= 0.3 is 16.2 Å². The van der Waals surface area contributed by atoms with E-state index in [9.17, 15) is 13.2 Å². The summed E-state index contributed by atoms with van der Waals surface area (Å²) < 4.78 is 28.5. The monoisotopic (exact) mass is 401 g/mol. The van der Waals surface area contributed by atoms with E-state index in [1.807, 2.05) is 16.9 Å². The topological polar surface area (TPSA) is 113 Å². The number of carbonyl (C=O) groups is 1. The van der Waals surface area contributed by atoms with Gasteiger partial charge < -0.3 is 0 Å². The molecule has 2 aromatic rings. The smallest absolute Gasteiger partial charge is 0.275 e. The Balaban J connectivity index is 1.68. The molecule has 0 unspecified atom stereocenters. The maximum Gasteiger partial charge on any atom is 0.336 e. The Labute approximate surface area is 154 Å². The molecule has 0 aliphatic heterocycles. The molecular formula is C14H13Cl2N5O3S. The van der Waals surface area contributed by atoms with Gasteiger partial charge in [-0.1, -0.05) is 41.4 Å². The zero-order valence-corrected chi connectivity index (χ0v) is 15.0. The number of carbonyl (C=O) groups excluding carboxylic acids is 1. The second-order valence-corrected chi connectivity index (χ2v) is 7.55. The van der Waals surface area contributed by atoms with Crippen molar-refractivity contribution >= 4 is 51.1 Å². The maximum atomic E-state index is 12.2. The molecule has 1 aliphatic carbocycles. The maximum absolute atomic E-state index is 12.2. The van der Waals surface area contributed by atoms with E-state index < -0.39 is 16.2 Å². The van der Waals surface area contributed by atoms with E-state index in [1.54, 1.807) is 12.1 Å². The minimum atomic E-state index is -4.14. The lowest BCUT2D eigenvalue weighted by molar-refractivity contribution is 0.256. The average molecular weight is 402 g/mol. The number of nitrogens with one attached hydrogen (secondary N) is 3. The van der Waals surface area contributed by atoms with Gasteiger partial charge in [0.2, 0.25) is 5.95 Å². The van der Waals surface area contributed by atoms with Gasteiger partial charge in [-0.15, -0.1) is 0 Å². The standard InChI is InChI=1S/C14H13Cl2N5O3S/c15-11-7-12(16)18-13(17-11)19-14(22)21-25(23,24)20-10-4-2-1-3-9(10)8-5-6-8/h1-4,7-8,20H,5-6H2,(H2,17,18,19,21,22). The summed E-state index contributed by atoms with van der Waals surface area (Å²) in [7, 11) is -4.14. The van der Waals surface area contributed by atoms with Crippen LogP contribution in [0, 0.1) is 0 Å². The van der Waals surface area contributed by atoms with Crippen LogP contribution in [0.25, 0.3) is 0 Å². The fraction of sp³-hybridized carbons (Fsp3) is 0.214. The van der Waals surface area contributed by atoms with Crippen LogP contribution in [0.4, 0.5) is 16.4 Å². The molecule has 132 valence electrons. The number of amides is 2. The lowest BCUT2D eigenvalue weighted by Gasteiger charge is -2.13. The Morgan fingerprint density at radius 2 is 1.76 bits per heavy atom. The highest BCUT2D eigenvalue weighted by molar-refractivity contribution is 7.91. The zero-order chi connectivity index (χ0) is 18.0. The molecule has 3 rings (SSSR count). The Morgan fingerprint density at radius 1 is 1.12 bits per heavy atom. The number of nitrogens with zero attached hydrogens (tertiary/aromatic N) is 2. The Bertz CT molecular complexity index is 898. The number of rotatable bonds is 5. The van der Waals surface area contributed by atoms with Crippen LogP contribution in [-0.2, 0) is 10.2 Å². The number of benzene rings is 1. The van der Waals surface area contributed by atoms with Crippen LogP contribution >= 0.6 is 23.2 Å². The first kappa shape index (κ1) is 17.7. The lowest BCUT2D eigenvalue weighted by atomic mass is 10.1. The summed E-state index contributed by atoms with van der Waals surface area (Å²) in [5, 5.41) is 2.17. The van der Waals surface area contributed by atoms with E-state index in [1.165, 1.54) is 6.07 Å². The van der Waals surface area contributed by atoms with Gasteiger partial charge in [0, 0.05) is 6.07 Å². The van der Waals surface area contributed by atoms with Gasteiger partial charge in [0.25, 0.3) is 0 Å². The fourth-order valence-corrected chi connectivity index (χ4v) is 3.45. The van der Waals surface area contributed by atoms with Gasteiger partial charge in [-0.2, -0.15) is 8.42 Å². The average Bonchev–Trinajstić information content (AvgIpc) is 3.29. The minimum Gasteiger partial charge on any atom is -0.275 e. The number of aromatic nitrogens is 2. The van der Waals surface area contributed by atoms with Crippen LogP contribution in [0.15, 0.2) is 30.3 Å². The highest BCUT2D eigenvalue weighted by atomic mass is 35.5. The van der Waals surface area contributed by atoms with Gasteiger partial charge in [-0.25, -0.2) is 19.5 Å². The van der Waals surface area contributed by atoms with Crippen molar-refractivity contribution in [3.8, 4) is 0 Å². The number of anilines is 2. The molecular weight excluding hydrogens is 389 g/mol. The number of halogens is 2. The van der Waals surface area contributed by atoms with Gasteiger partial charge in [0.05, 0.1) is 5.69 Å². The van der Waals surface area contributed by atoms with Crippen LogP contribution in [0.1, 0.15) is 24.3 Å². The van der Waals surface area contributed by atoms with Crippen LogP contribution in [0.2, 0.25) is 10.3 Å². The molecule has 1 fully saturated rings. The third-order valence-electron chi connectivity index (χ3n) is 3.34. The normalized spacial score (nSPS) is 14.0. The molecule has 3 N–H and O–H groups in total. The summed E-state index contributed by atoms with van der Waals surface area (Å²) in [4.78, 5) is 19.3. The van der Waals surface area contributed by atoms with Crippen molar-refractivity contribution in [3.05, 3.63) is 46.2 Å². The summed E-state index contributed by atoms with van der Waals surface area (Å²) in [5.74, 6) is 0.123. The minimum absolute atomic E-state index is 0.00893. The largest absolute Gasteiger partial charge is 0.336 e. The highest BCUT2D eigenvalue weighted by Gasteiger charge is 2.27. The number of hydrogen-bond acceptors (Lipinski definition) is 5. The molecule has 1 heterocycles. The first-order chi connectivity index (χ1) is 11.8. The van der Waals surface area contributed by atoms with E-state index in [0.29, 0.717) is 11.6 Å². The molecule has 1 saturated carbocycles. The Kier molecular flexibility index (Phi) is 4.98. The molecule has 2 amide bonds. The predicted molar refractivity (Wildman–Crippen MR) is 95.2 cm³/mol. The highest BCUT2D eigenvalue weighted by Crippen LogP contribution is 2.43. The molecule has 1 aromatic heterocycles. The van der Waals surface area contributed by atoms with Crippen molar-refractivity contribution in [1.82, 2.24) is 14.7 Å². The van der Waals surface area contributed by atoms with Crippen molar-refractivity contribution in [2.24, 2.45) is 0 Å². The molecule has 0 radical (unpaired) electrons. The molecule has 25 heavy (non-hydrogen) atoms. The molecule has 0 saturated heterocycles. The molecule has 8 nitrogen and oxygen atoms in total. The third kappa shape index (κ3) is 4.94. The van der Waals surface area contributed by atoms with Gasteiger partial charge in [-0.3, -0.25) is 10.0 Å². The SMILES string of the molecule is O=C(Nc1nc(Cl)cc(Cl)n1)NS(=O)(=O)Nc1ccccc1C1CC1. The van der Waals surface area contributed by atoms with Crippen molar-refractivity contribution in [2.45, 2.75) is 18.8 Å². The quantitative estimate of drug-likeness (QED) is 0.665. The molecule has 1 aliphatic rings. The summed E-state index contributed by atoms with van der Waals surface area (Å²) in [6.07, 6.45) is 2.03. The first-order valence-corrected chi connectivity index (χ1v) is 9.47. The molecule has 0 bridgehead atoms. The number of urea groups is 1. The second kappa shape index (κ2) is 7.03. The second-order valence-electron chi connectivity index (χ2n) is 5.36. The van der Waals surface area contributed by atoms with Gasteiger partial charge in [0.1, 0.15) is 10.3 Å². The van der Waals surface area contributed by atoms with Gasteiger partial charge in [0.15, 0.2) is 0 Å². The van der Waals surface area contributed by atoms with Crippen molar-refractivity contribution in [2.75, 3.05) is 10.0 Å². The van der Waals surface area contributed by atoms with E-state index >= 15 is 0 Å². The first-order valence-electron chi connectivity index (χ1n) is 7.23. The molecule has 0 spiro atoms. The van der Waals surface area contributed by atoms with Crippen LogP contribution in [-0.4, -0.2) is 24.4 Å². The molecule has 11 heteroatoms. The van der Waals surface area contributed by atoms with E-state index in [-0.39, 0.29) is 16.3 Å². The zero-order valence-electron chi connectivity index (χ0n) is 12.7. The third-order valence-corrected chi connectivity index (χ3v) is 4.67. The van der Waals surface area contributed by atoms with E-state index in [4.69, 9.17) is 23.2 Å². The number of para-hydroxylation sites is 1. The van der Waals surface area contributed by atoms with Crippen LogP contribution in [0.5, 0.6) is 0 Å². The fourth-order valence-electron chi connectivity index (χ4n) is 2.21.